The molecule has 0 saturated carbocycles. The molecule has 37 heavy (non-hydrogen) atoms. The molecule has 7 heteroatoms. The molecule has 0 aliphatic carbocycles. The van der Waals surface area contributed by atoms with E-state index in [1.165, 1.54) is 0 Å². The first kappa shape index (κ1) is 24.7. The molecule has 2 aromatic heterocycles. The molecule has 1 aliphatic heterocycles. The standard InChI is InChI=1S/C30H33N5O2/c1-20(2)28-27(24-13-12-23(18-26(24)32-28)29(36)34-35-15-6-7-16-35)30(37)33-25(22-10-4-3-5-11-22)17-21-9-8-14-31-19-21/h3-5,8-14,18-20,25,32H,6-7,15-17H2,1-2H3,(H,33,37)(H,34,36). The molecule has 0 bridgehead atoms. The van der Waals surface area contributed by atoms with E-state index in [2.05, 4.69) is 34.6 Å². The number of hydrogen-bond donors (Lipinski definition) is 3. The van der Waals surface area contributed by atoms with Gasteiger partial charge in [-0.15, -0.1) is 0 Å². The lowest BCUT2D eigenvalue weighted by Gasteiger charge is -2.20. The summed E-state index contributed by atoms with van der Waals surface area (Å²) in [6.45, 7) is 5.87. The zero-order valence-electron chi connectivity index (χ0n) is 21.3. The lowest BCUT2D eigenvalue weighted by Crippen LogP contribution is -2.39. The van der Waals surface area contributed by atoms with E-state index in [9.17, 15) is 9.59 Å². The largest absolute Gasteiger partial charge is 0.357 e. The first-order chi connectivity index (χ1) is 18.0. The highest BCUT2D eigenvalue weighted by Crippen LogP contribution is 2.30. The molecule has 1 saturated heterocycles. The Morgan fingerprint density at radius 3 is 2.49 bits per heavy atom. The van der Waals surface area contributed by atoms with Gasteiger partial charge in [0.25, 0.3) is 11.8 Å². The van der Waals surface area contributed by atoms with Gasteiger partial charge in [0.05, 0.1) is 11.6 Å². The number of aromatic nitrogens is 2. The topological polar surface area (TPSA) is 90.1 Å². The van der Waals surface area contributed by atoms with Crippen molar-refractivity contribution in [1.29, 1.82) is 0 Å². The number of hydrogen-bond acceptors (Lipinski definition) is 4. The van der Waals surface area contributed by atoms with Crippen LogP contribution in [0.2, 0.25) is 0 Å². The van der Waals surface area contributed by atoms with Crippen molar-refractivity contribution in [2.45, 2.75) is 45.1 Å². The van der Waals surface area contributed by atoms with Crippen LogP contribution in [0.25, 0.3) is 10.9 Å². The van der Waals surface area contributed by atoms with Crippen molar-refractivity contribution in [3.8, 4) is 0 Å². The molecule has 5 rings (SSSR count). The van der Waals surface area contributed by atoms with Crippen LogP contribution in [0.3, 0.4) is 0 Å². The number of rotatable bonds is 8. The maximum absolute atomic E-state index is 13.8. The van der Waals surface area contributed by atoms with Crippen molar-refractivity contribution in [2.75, 3.05) is 13.1 Å². The molecule has 1 unspecified atom stereocenters. The lowest BCUT2D eigenvalue weighted by atomic mass is 9.98. The summed E-state index contributed by atoms with van der Waals surface area (Å²) in [5.74, 6) is -0.165. The lowest BCUT2D eigenvalue weighted by molar-refractivity contribution is 0.0825. The van der Waals surface area contributed by atoms with Gasteiger partial charge in [-0.3, -0.25) is 20.0 Å². The van der Waals surface area contributed by atoms with Gasteiger partial charge < -0.3 is 10.3 Å². The molecule has 1 aliphatic rings. The van der Waals surface area contributed by atoms with Crippen LogP contribution in [0.1, 0.15) is 76.2 Å². The van der Waals surface area contributed by atoms with Crippen molar-refractivity contribution in [1.82, 2.24) is 25.7 Å². The molecule has 190 valence electrons. The Morgan fingerprint density at radius 1 is 1.00 bits per heavy atom. The third-order valence-electron chi connectivity index (χ3n) is 6.93. The second kappa shape index (κ2) is 11.0. The van der Waals surface area contributed by atoms with Gasteiger partial charge in [-0.1, -0.05) is 56.3 Å². The fourth-order valence-corrected chi connectivity index (χ4v) is 5.00. The van der Waals surface area contributed by atoms with E-state index in [1.807, 2.05) is 65.8 Å². The van der Waals surface area contributed by atoms with Crippen molar-refractivity contribution in [3.63, 3.8) is 0 Å². The third kappa shape index (κ3) is 5.57. The number of H-pyrrole nitrogens is 1. The van der Waals surface area contributed by atoms with Crippen LogP contribution in [-0.4, -0.2) is 39.9 Å². The van der Waals surface area contributed by atoms with E-state index in [0.29, 0.717) is 17.5 Å². The summed E-state index contributed by atoms with van der Waals surface area (Å²) < 4.78 is 0. The Kier molecular flexibility index (Phi) is 7.32. The third-order valence-corrected chi connectivity index (χ3v) is 6.93. The second-order valence-corrected chi connectivity index (χ2v) is 9.97. The molecular weight excluding hydrogens is 462 g/mol. The molecule has 1 fully saturated rings. The number of pyridine rings is 1. The molecule has 1 atom stereocenters. The summed E-state index contributed by atoms with van der Waals surface area (Å²) in [4.78, 5) is 34.3. The van der Waals surface area contributed by atoms with Gasteiger partial charge in [0.2, 0.25) is 0 Å². The summed E-state index contributed by atoms with van der Waals surface area (Å²) in [5.41, 5.74) is 7.92. The maximum atomic E-state index is 13.8. The molecule has 0 radical (unpaired) electrons. The van der Waals surface area contributed by atoms with Crippen molar-refractivity contribution < 1.29 is 9.59 Å². The fraction of sp³-hybridized carbons (Fsp3) is 0.300. The normalized spacial score (nSPS) is 14.7. The zero-order valence-corrected chi connectivity index (χ0v) is 21.3. The van der Waals surface area contributed by atoms with Crippen LogP contribution >= 0.6 is 0 Å². The van der Waals surface area contributed by atoms with Gasteiger partial charge in [0.15, 0.2) is 0 Å². The first-order valence-electron chi connectivity index (χ1n) is 13.0. The number of benzene rings is 2. The van der Waals surface area contributed by atoms with Gasteiger partial charge in [-0.2, -0.15) is 0 Å². The quantitative estimate of drug-likeness (QED) is 0.316. The number of nitrogens with zero attached hydrogens (tertiary/aromatic N) is 2. The van der Waals surface area contributed by atoms with Gasteiger partial charge in [0, 0.05) is 47.6 Å². The average molecular weight is 496 g/mol. The van der Waals surface area contributed by atoms with E-state index in [0.717, 1.165) is 53.7 Å². The fourth-order valence-electron chi connectivity index (χ4n) is 5.00. The van der Waals surface area contributed by atoms with Crippen LogP contribution in [0.15, 0.2) is 73.1 Å². The number of carbonyl (C=O) groups is 2. The maximum Gasteiger partial charge on any atom is 0.265 e. The van der Waals surface area contributed by atoms with E-state index in [4.69, 9.17) is 0 Å². The van der Waals surface area contributed by atoms with E-state index >= 15 is 0 Å². The number of fused-ring (bicyclic) bond motifs is 1. The SMILES string of the molecule is CC(C)c1[nH]c2cc(C(=O)NN3CCCC3)ccc2c1C(=O)NC(Cc1cccnc1)c1ccccc1. The molecule has 4 aromatic rings. The average Bonchev–Trinajstić information content (AvgIpc) is 3.57. The Morgan fingerprint density at radius 2 is 1.78 bits per heavy atom. The monoisotopic (exact) mass is 495 g/mol. The minimum absolute atomic E-state index is 0.100. The van der Waals surface area contributed by atoms with Crippen LogP contribution < -0.4 is 10.7 Å². The van der Waals surface area contributed by atoms with Gasteiger partial charge in [-0.25, -0.2) is 5.01 Å². The van der Waals surface area contributed by atoms with E-state index in [-0.39, 0.29) is 23.8 Å². The number of carbonyl (C=O) groups excluding carboxylic acids is 2. The van der Waals surface area contributed by atoms with E-state index in [1.54, 1.807) is 12.3 Å². The number of nitrogens with one attached hydrogen (secondary N) is 3. The van der Waals surface area contributed by atoms with Gasteiger partial charge in [0.1, 0.15) is 0 Å². The molecule has 7 nitrogen and oxygen atoms in total. The number of hydrazine groups is 1. The summed E-state index contributed by atoms with van der Waals surface area (Å²) in [6.07, 6.45) is 6.40. The Hall–Kier alpha value is -3.97. The summed E-state index contributed by atoms with van der Waals surface area (Å²) in [5, 5.41) is 6.06. The Balaban J connectivity index is 1.45. The van der Waals surface area contributed by atoms with Gasteiger partial charge in [-0.05, 0) is 54.5 Å². The number of amides is 2. The predicted octanol–water partition coefficient (Wildman–Crippen LogP) is 5.14. The highest BCUT2D eigenvalue weighted by Gasteiger charge is 2.25. The highest BCUT2D eigenvalue weighted by atomic mass is 16.2. The second-order valence-electron chi connectivity index (χ2n) is 9.97. The predicted molar refractivity (Wildman–Crippen MR) is 145 cm³/mol. The van der Waals surface area contributed by atoms with Crippen LogP contribution in [-0.2, 0) is 6.42 Å². The smallest absolute Gasteiger partial charge is 0.265 e. The van der Waals surface area contributed by atoms with Crippen LogP contribution in [0.4, 0.5) is 0 Å². The van der Waals surface area contributed by atoms with Crippen molar-refractivity contribution in [3.05, 3.63) is 101 Å². The summed E-state index contributed by atoms with van der Waals surface area (Å²) >= 11 is 0. The minimum atomic E-state index is -0.214. The van der Waals surface area contributed by atoms with E-state index < -0.39 is 0 Å². The van der Waals surface area contributed by atoms with Crippen LogP contribution in [0.5, 0.6) is 0 Å². The molecule has 3 heterocycles. The first-order valence-corrected chi connectivity index (χ1v) is 13.0. The van der Waals surface area contributed by atoms with Gasteiger partial charge >= 0.3 is 0 Å². The summed E-state index contributed by atoms with van der Waals surface area (Å²) in [7, 11) is 0. The van der Waals surface area contributed by atoms with Crippen molar-refractivity contribution in [2.24, 2.45) is 0 Å². The molecule has 0 spiro atoms. The molecule has 2 aromatic carbocycles. The zero-order chi connectivity index (χ0) is 25.8. The molecule has 3 N–H and O–H groups in total. The van der Waals surface area contributed by atoms with Crippen molar-refractivity contribution >= 4 is 22.7 Å². The summed E-state index contributed by atoms with van der Waals surface area (Å²) in [6, 6.07) is 19.2. The number of aromatic amines is 1. The minimum Gasteiger partial charge on any atom is -0.357 e. The molecular formula is C30H33N5O2. The highest BCUT2D eigenvalue weighted by molar-refractivity contribution is 6.10. The Labute approximate surface area is 217 Å². The Bertz CT molecular complexity index is 1380. The van der Waals surface area contributed by atoms with Crippen LogP contribution in [0, 0.1) is 0 Å². The molecule has 2 amide bonds.